The third-order valence-corrected chi connectivity index (χ3v) is 5.58. The number of hydrogen-bond donors (Lipinski definition) is 5. The maximum absolute atomic E-state index is 13.3. The minimum atomic E-state index is -1.02. The van der Waals surface area contributed by atoms with Crippen molar-refractivity contribution in [3.05, 3.63) is 64.3 Å². The van der Waals surface area contributed by atoms with Crippen molar-refractivity contribution >= 4 is 28.3 Å². The average molecular weight is 393 g/mol. The molecule has 29 heavy (non-hydrogen) atoms. The molecule has 0 saturated heterocycles. The van der Waals surface area contributed by atoms with E-state index in [0.717, 1.165) is 22.2 Å². The number of fused-ring (bicyclic) bond motifs is 4. The van der Waals surface area contributed by atoms with Crippen molar-refractivity contribution in [2.24, 2.45) is 0 Å². The number of hydrogen-bond acceptors (Lipinski definition) is 5. The highest BCUT2D eigenvalue weighted by Crippen LogP contribution is 2.44. The minimum absolute atomic E-state index is 0.0532. The third kappa shape index (κ3) is 2.99. The predicted molar refractivity (Wildman–Crippen MR) is 110 cm³/mol. The summed E-state index contributed by atoms with van der Waals surface area (Å²) >= 11 is 0. The molecule has 7 heteroatoms. The lowest BCUT2D eigenvalue weighted by Gasteiger charge is -2.32. The van der Waals surface area contributed by atoms with Gasteiger partial charge in [0.05, 0.1) is 18.3 Å². The molecular formula is C22H23N3O4. The molecule has 1 amide bonds. The molecule has 0 spiro atoms. The van der Waals surface area contributed by atoms with Gasteiger partial charge >= 0.3 is 0 Å². The number of nitrogens with two attached hydrogens (primary N) is 1. The Kier molecular flexibility index (Phi) is 4.44. The number of nitrogens with one attached hydrogen (secondary N) is 2. The Balaban J connectivity index is 1.79. The van der Waals surface area contributed by atoms with E-state index in [4.69, 9.17) is 10.8 Å². The summed E-state index contributed by atoms with van der Waals surface area (Å²) in [6.45, 7) is 3.53. The van der Waals surface area contributed by atoms with Crippen LogP contribution in [-0.4, -0.2) is 46.1 Å². The smallest absolute Gasteiger partial charge is 0.251 e. The minimum Gasteiger partial charge on any atom is -0.399 e. The topological polar surface area (TPSA) is 128 Å². The van der Waals surface area contributed by atoms with Crippen molar-refractivity contribution in [1.82, 2.24) is 10.3 Å². The number of nitrogen functional groups attached to an aromatic ring is 1. The van der Waals surface area contributed by atoms with Gasteiger partial charge < -0.3 is 26.2 Å². The molecule has 0 aliphatic heterocycles. The molecule has 0 bridgehead atoms. The first-order valence-corrected chi connectivity index (χ1v) is 9.42. The molecule has 0 radical (unpaired) electrons. The van der Waals surface area contributed by atoms with E-state index in [2.05, 4.69) is 10.3 Å². The fraction of sp³-hybridized carbons (Fsp3) is 0.273. The van der Waals surface area contributed by atoms with Gasteiger partial charge in [0, 0.05) is 45.4 Å². The first-order valence-electron chi connectivity index (χ1n) is 9.42. The SMILES string of the molecule is CC1(C)c2cc(C(=O)NC[C@@H](O)CO)ccc2C(=O)c2c1[nH]c1cc(N)ccc21. The molecule has 0 saturated carbocycles. The summed E-state index contributed by atoms with van der Waals surface area (Å²) in [7, 11) is 0. The highest BCUT2D eigenvalue weighted by molar-refractivity contribution is 6.20. The molecule has 0 unspecified atom stereocenters. The number of aliphatic hydroxyl groups is 2. The van der Waals surface area contributed by atoms with Crippen LogP contribution in [0.3, 0.4) is 0 Å². The van der Waals surface area contributed by atoms with Crippen LogP contribution in [0.1, 0.15) is 51.4 Å². The number of amides is 1. The van der Waals surface area contributed by atoms with Crippen LogP contribution in [0, 0.1) is 0 Å². The van der Waals surface area contributed by atoms with Crippen molar-refractivity contribution < 1.29 is 19.8 Å². The van der Waals surface area contributed by atoms with Crippen LogP contribution in [0.4, 0.5) is 5.69 Å². The normalized spacial score (nSPS) is 15.7. The summed E-state index contributed by atoms with van der Waals surface area (Å²) in [5, 5.41) is 21.8. The average Bonchev–Trinajstić information content (AvgIpc) is 3.09. The van der Waals surface area contributed by atoms with Crippen LogP contribution in [-0.2, 0) is 5.41 Å². The lowest BCUT2D eigenvalue weighted by atomic mass is 9.71. The van der Waals surface area contributed by atoms with Crippen LogP contribution in [0.25, 0.3) is 10.9 Å². The zero-order valence-corrected chi connectivity index (χ0v) is 16.2. The van der Waals surface area contributed by atoms with Crippen molar-refractivity contribution in [3.63, 3.8) is 0 Å². The number of carbonyl (C=O) groups excluding carboxylic acids is 2. The van der Waals surface area contributed by atoms with Gasteiger partial charge in [0.2, 0.25) is 0 Å². The molecule has 7 nitrogen and oxygen atoms in total. The zero-order valence-electron chi connectivity index (χ0n) is 16.2. The Morgan fingerprint density at radius 1 is 1.24 bits per heavy atom. The van der Waals surface area contributed by atoms with E-state index in [0.29, 0.717) is 22.4 Å². The zero-order chi connectivity index (χ0) is 20.9. The number of rotatable bonds is 4. The van der Waals surface area contributed by atoms with Gasteiger partial charge in [0.1, 0.15) is 0 Å². The summed E-state index contributed by atoms with van der Waals surface area (Å²) in [6, 6.07) is 10.4. The van der Waals surface area contributed by atoms with Gasteiger partial charge in [-0.2, -0.15) is 0 Å². The quantitative estimate of drug-likeness (QED) is 0.431. The standard InChI is InChI=1S/C22H23N3O4/c1-22(2)16-7-11(21(29)24-9-13(27)10-26)3-5-14(16)19(28)18-15-6-4-12(23)8-17(15)25-20(18)22/h3-8,13,25-27H,9-10,23H2,1-2H3,(H,24,29)/t13-/m1/s1. The molecule has 1 heterocycles. The highest BCUT2D eigenvalue weighted by atomic mass is 16.3. The summed E-state index contributed by atoms with van der Waals surface area (Å²) in [6.07, 6.45) is -1.02. The maximum Gasteiger partial charge on any atom is 0.251 e. The van der Waals surface area contributed by atoms with Crippen molar-refractivity contribution in [2.45, 2.75) is 25.4 Å². The molecule has 6 N–H and O–H groups in total. The number of ketones is 1. The third-order valence-electron chi connectivity index (χ3n) is 5.58. The molecule has 2 aromatic carbocycles. The van der Waals surface area contributed by atoms with Crippen molar-refractivity contribution in [3.8, 4) is 0 Å². The van der Waals surface area contributed by atoms with E-state index in [9.17, 15) is 14.7 Å². The molecule has 0 fully saturated rings. The maximum atomic E-state index is 13.3. The second kappa shape index (κ2) is 6.72. The molecule has 1 aliphatic carbocycles. The fourth-order valence-electron chi connectivity index (χ4n) is 3.97. The number of carbonyl (C=O) groups is 2. The van der Waals surface area contributed by atoms with E-state index in [1.807, 2.05) is 26.0 Å². The Labute approximate surface area is 167 Å². The summed E-state index contributed by atoms with van der Waals surface area (Å²) in [5.74, 6) is -0.466. The van der Waals surface area contributed by atoms with Gasteiger partial charge in [-0.15, -0.1) is 0 Å². The summed E-state index contributed by atoms with van der Waals surface area (Å²) < 4.78 is 0. The van der Waals surface area contributed by atoms with Gasteiger partial charge in [0.25, 0.3) is 5.91 Å². The summed E-state index contributed by atoms with van der Waals surface area (Å²) in [5.41, 5.74) is 9.92. The van der Waals surface area contributed by atoms with E-state index in [1.54, 1.807) is 24.3 Å². The Bertz CT molecular complexity index is 1150. The molecule has 150 valence electrons. The highest BCUT2D eigenvalue weighted by Gasteiger charge is 2.39. The number of H-pyrrole nitrogens is 1. The van der Waals surface area contributed by atoms with Gasteiger partial charge in [-0.1, -0.05) is 19.9 Å². The van der Waals surface area contributed by atoms with Gasteiger partial charge in [-0.25, -0.2) is 0 Å². The second-order valence-corrected chi connectivity index (χ2v) is 7.94. The molecule has 1 aliphatic rings. The van der Waals surface area contributed by atoms with Gasteiger partial charge in [-0.3, -0.25) is 9.59 Å². The summed E-state index contributed by atoms with van der Waals surface area (Å²) in [4.78, 5) is 29.1. The predicted octanol–water partition coefficient (Wildman–Crippen LogP) is 1.70. The number of anilines is 1. The Hall–Kier alpha value is -3.16. The van der Waals surface area contributed by atoms with Crippen LogP contribution in [0.15, 0.2) is 36.4 Å². The van der Waals surface area contributed by atoms with Crippen molar-refractivity contribution in [2.75, 3.05) is 18.9 Å². The lowest BCUT2D eigenvalue weighted by Crippen LogP contribution is -2.35. The number of aromatic amines is 1. The van der Waals surface area contributed by atoms with E-state index < -0.39 is 18.1 Å². The van der Waals surface area contributed by atoms with E-state index >= 15 is 0 Å². The molecule has 1 aromatic heterocycles. The van der Waals surface area contributed by atoms with Crippen LogP contribution in [0.2, 0.25) is 0 Å². The van der Waals surface area contributed by atoms with Gasteiger partial charge in [0.15, 0.2) is 5.78 Å². The molecular weight excluding hydrogens is 370 g/mol. The molecule has 1 atom stereocenters. The van der Waals surface area contributed by atoms with Crippen LogP contribution >= 0.6 is 0 Å². The molecule has 4 rings (SSSR count). The Morgan fingerprint density at radius 3 is 2.72 bits per heavy atom. The van der Waals surface area contributed by atoms with Crippen LogP contribution < -0.4 is 11.1 Å². The van der Waals surface area contributed by atoms with E-state index in [1.165, 1.54) is 0 Å². The second-order valence-electron chi connectivity index (χ2n) is 7.94. The van der Waals surface area contributed by atoms with Crippen molar-refractivity contribution in [1.29, 1.82) is 0 Å². The monoisotopic (exact) mass is 393 g/mol. The van der Waals surface area contributed by atoms with E-state index in [-0.39, 0.29) is 18.2 Å². The Morgan fingerprint density at radius 2 is 2.00 bits per heavy atom. The fourth-order valence-corrected chi connectivity index (χ4v) is 3.97. The number of aromatic nitrogens is 1. The first kappa shape index (κ1) is 19.2. The first-order chi connectivity index (χ1) is 13.7. The lowest BCUT2D eigenvalue weighted by molar-refractivity contribution is 0.0801. The molecule has 3 aromatic rings. The van der Waals surface area contributed by atoms with Crippen LogP contribution in [0.5, 0.6) is 0 Å². The largest absolute Gasteiger partial charge is 0.399 e. The number of benzene rings is 2. The van der Waals surface area contributed by atoms with Gasteiger partial charge in [-0.05, 0) is 35.9 Å². The number of aliphatic hydroxyl groups excluding tert-OH is 2.